The van der Waals surface area contributed by atoms with Crippen molar-refractivity contribution in [3.8, 4) is 11.5 Å². The fourth-order valence-corrected chi connectivity index (χ4v) is 2.70. The van der Waals surface area contributed by atoms with Gasteiger partial charge < -0.3 is 14.9 Å². The quantitative estimate of drug-likeness (QED) is 0.369. The first kappa shape index (κ1) is 18.5. The van der Waals surface area contributed by atoms with Gasteiger partial charge in [0.2, 0.25) is 0 Å². The van der Waals surface area contributed by atoms with Crippen LogP contribution in [0, 0.1) is 0 Å². The van der Waals surface area contributed by atoms with Crippen molar-refractivity contribution in [1.82, 2.24) is 0 Å². The highest BCUT2D eigenvalue weighted by Gasteiger charge is 2.11. The predicted molar refractivity (Wildman–Crippen MR) is 106 cm³/mol. The number of aromatic hydroxyl groups is 2. The summed E-state index contributed by atoms with van der Waals surface area (Å²) in [5, 5.41) is 22.1. The van der Waals surface area contributed by atoms with E-state index in [1.807, 2.05) is 37.3 Å². The minimum Gasteiger partial charge on any atom is -0.507 e. The van der Waals surface area contributed by atoms with Crippen LogP contribution < -0.4 is 0 Å². The molecule has 0 bridgehead atoms. The van der Waals surface area contributed by atoms with Crippen molar-refractivity contribution in [1.29, 1.82) is 0 Å². The molecular formula is C22H21NO4. The Morgan fingerprint density at radius 3 is 2.67 bits per heavy atom. The van der Waals surface area contributed by atoms with Gasteiger partial charge in [-0.3, -0.25) is 4.99 Å². The molecule has 0 saturated heterocycles. The van der Waals surface area contributed by atoms with Crippen LogP contribution in [0.5, 0.6) is 11.5 Å². The van der Waals surface area contributed by atoms with Crippen LogP contribution in [0.3, 0.4) is 0 Å². The highest BCUT2D eigenvalue weighted by molar-refractivity contribution is 6.03. The molecular weight excluding hydrogens is 342 g/mol. The van der Waals surface area contributed by atoms with Crippen LogP contribution in [-0.4, -0.2) is 29.0 Å². The van der Waals surface area contributed by atoms with Crippen molar-refractivity contribution in [3.63, 3.8) is 0 Å². The van der Waals surface area contributed by atoms with Crippen molar-refractivity contribution in [2.45, 2.75) is 19.8 Å². The van der Waals surface area contributed by atoms with E-state index in [0.717, 1.165) is 23.6 Å². The zero-order chi connectivity index (χ0) is 19.2. The Hall–Kier alpha value is -3.34. The molecule has 0 unspecified atom stereocenters. The van der Waals surface area contributed by atoms with Crippen LogP contribution in [0.4, 0.5) is 5.69 Å². The molecule has 0 radical (unpaired) electrons. The lowest BCUT2D eigenvalue weighted by atomic mass is 10.0. The lowest BCUT2D eigenvalue weighted by molar-refractivity contribution is 0.0500. The number of phenols is 2. The first-order valence-corrected chi connectivity index (χ1v) is 8.85. The molecule has 3 rings (SSSR count). The molecule has 0 saturated carbocycles. The Bertz CT molecular complexity index is 995. The first-order valence-electron chi connectivity index (χ1n) is 8.85. The van der Waals surface area contributed by atoms with Crippen LogP contribution in [0.15, 0.2) is 59.6 Å². The maximum absolute atomic E-state index is 12.1. The third-order valence-corrected chi connectivity index (χ3v) is 4.22. The van der Waals surface area contributed by atoms with Gasteiger partial charge in [-0.15, -0.1) is 0 Å². The van der Waals surface area contributed by atoms with E-state index in [4.69, 9.17) is 4.74 Å². The van der Waals surface area contributed by atoms with Gasteiger partial charge in [0.05, 0.1) is 12.2 Å². The number of benzene rings is 3. The van der Waals surface area contributed by atoms with E-state index in [2.05, 4.69) is 4.99 Å². The third-order valence-electron chi connectivity index (χ3n) is 4.22. The SMILES string of the molecule is CCCCOC(=O)c1ccc(O)c(N=Cc2c(O)ccc3ccccc23)c1. The monoisotopic (exact) mass is 363 g/mol. The zero-order valence-corrected chi connectivity index (χ0v) is 15.1. The minimum absolute atomic E-state index is 0.0592. The molecule has 0 aliphatic heterocycles. The van der Waals surface area contributed by atoms with Crippen LogP contribution in [0.2, 0.25) is 0 Å². The first-order chi connectivity index (χ1) is 13.1. The third kappa shape index (κ3) is 4.26. The van der Waals surface area contributed by atoms with Crippen LogP contribution in [0.25, 0.3) is 10.8 Å². The molecule has 138 valence electrons. The summed E-state index contributed by atoms with van der Waals surface area (Å²) in [6.07, 6.45) is 3.22. The maximum Gasteiger partial charge on any atom is 0.338 e. The van der Waals surface area contributed by atoms with Crippen LogP contribution in [-0.2, 0) is 4.74 Å². The van der Waals surface area contributed by atoms with E-state index in [1.165, 1.54) is 24.4 Å². The van der Waals surface area contributed by atoms with Crippen molar-refractivity contribution < 1.29 is 19.7 Å². The molecule has 0 amide bonds. The average Bonchev–Trinajstić information content (AvgIpc) is 2.68. The molecule has 2 N–H and O–H groups in total. The molecule has 3 aromatic rings. The Balaban J connectivity index is 1.91. The molecule has 0 aliphatic rings. The second kappa shape index (κ2) is 8.36. The number of aliphatic imine (C=N–C) groups is 1. The van der Waals surface area contributed by atoms with Gasteiger partial charge in [0.25, 0.3) is 0 Å². The Morgan fingerprint density at radius 2 is 1.85 bits per heavy atom. The number of fused-ring (bicyclic) bond motifs is 1. The van der Waals surface area contributed by atoms with Gasteiger partial charge in [0.15, 0.2) is 0 Å². The number of unbranched alkanes of at least 4 members (excludes halogenated alkanes) is 1. The van der Waals surface area contributed by atoms with E-state index in [-0.39, 0.29) is 17.2 Å². The Labute approximate surface area is 157 Å². The number of carbonyl (C=O) groups is 1. The van der Waals surface area contributed by atoms with Gasteiger partial charge in [-0.05, 0) is 41.5 Å². The molecule has 3 aromatic carbocycles. The summed E-state index contributed by atoms with van der Waals surface area (Å²) in [5.41, 5.74) is 1.09. The Morgan fingerprint density at radius 1 is 1.07 bits per heavy atom. The molecule has 0 spiro atoms. The molecule has 0 aliphatic carbocycles. The molecule has 27 heavy (non-hydrogen) atoms. The topological polar surface area (TPSA) is 79.1 Å². The fourth-order valence-electron chi connectivity index (χ4n) is 2.70. The molecule has 5 nitrogen and oxygen atoms in total. The molecule has 5 heteroatoms. The normalized spacial score (nSPS) is 11.1. The number of rotatable bonds is 6. The van der Waals surface area contributed by atoms with Crippen molar-refractivity contribution in [3.05, 3.63) is 65.7 Å². The molecule has 0 fully saturated rings. The predicted octanol–water partition coefficient (Wildman–Crippen LogP) is 4.96. The van der Waals surface area contributed by atoms with Gasteiger partial charge in [0.1, 0.15) is 17.2 Å². The summed E-state index contributed by atoms with van der Waals surface area (Å²) < 4.78 is 5.19. The highest BCUT2D eigenvalue weighted by Crippen LogP contribution is 2.30. The van der Waals surface area contributed by atoms with Crippen molar-refractivity contribution in [2.24, 2.45) is 4.99 Å². The lowest BCUT2D eigenvalue weighted by Crippen LogP contribution is -2.06. The number of phenolic OH excluding ortho intramolecular Hbond substituents is 2. The number of hydrogen-bond donors (Lipinski definition) is 2. The summed E-state index contributed by atoms with van der Waals surface area (Å²) in [6, 6.07) is 15.4. The Kier molecular flexibility index (Phi) is 5.71. The van der Waals surface area contributed by atoms with Crippen LogP contribution >= 0.6 is 0 Å². The average molecular weight is 363 g/mol. The molecule has 0 aromatic heterocycles. The van der Waals surface area contributed by atoms with Gasteiger partial charge in [-0.25, -0.2) is 4.79 Å². The fraction of sp³-hybridized carbons (Fsp3) is 0.182. The van der Waals surface area contributed by atoms with Gasteiger partial charge in [0, 0.05) is 11.8 Å². The number of ether oxygens (including phenoxy) is 1. The van der Waals surface area contributed by atoms with Crippen molar-refractivity contribution >= 4 is 28.6 Å². The maximum atomic E-state index is 12.1. The van der Waals surface area contributed by atoms with E-state index in [0.29, 0.717) is 17.7 Å². The second-order valence-corrected chi connectivity index (χ2v) is 6.17. The lowest BCUT2D eigenvalue weighted by Gasteiger charge is -2.07. The van der Waals surface area contributed by atoms with Gasteiger partial charge in [-0.1, -0.05) is 43.7 Å². The smallest absolute Gasteiger partial charge is 0.338 e. The van der Waals surface area contributed by atoms with E-state index in [1.54, 1.807) is 6.07 Å². The van der Waals surface area contributed by atoms with Crippen molar-refractivity contribution in [2.75, 3.05) is 6.61 Å². The minimum atomic E-state index is -0.451. The summed E-state index contributed by atoms with van der Waals surface area (Å²) in [7, 11) is 0. The van der Waals surface area contributed by atoms with Crippen LogP contribution in [0.1, 0.15) is 35.7 Å². The summed E-state index contributed by atoms with van der Waals surface area (Å²) >= 11 is 0. The number of nitrogens with zero attached hydrogens (tertiary/aromatic N) is 1. The highest BCUT2D eigenvalue weighted by atomic mass is 16.5. The largest absolute Gasteiger partial charge is 0.507 e. The summed E-state index contributed by atoms with van der Waals surface area (Å²) in [6.45, 7) is 2.38. The van der Waals surface area contributed by atoms with E-state index >= 15 is 0 Å². The standard InChI is InChI=1S/C22H21NO4/c1-2-3-12-27-22(26)16-9-11-21(25)19(13-16)23-14-18-17-7-5-4-6-15(17)8-10-20(18)24/h4-11,13-14,24-25H,2-3,12H2,1H3. The molecule has 0 heterocycles. The van der Waals surface area contributed by atoms with E-state index < -0.39 is 5.97 Å². The van der Waals surface area contributed by atoms with E-state index in [9.17, 15) is 15.0 Å². The summed E-state index contributed by atoms with van der Waals surface area (Å²) in [4.78, 5) is 16.4. The van der Waals surface area contributed by atoms with Gasteiger partial charge in [-0.2, -0.15) is 0 Å². The number of carbonyl (C=O) groups excluding carboxylic acids is 1. The number of esters is 1. The zero-order valence-electron chi connectivity index (χ0n) is 15.1. The second-order valence-electron chi connectivity index (χ2n) is 6.17. The number of hydrogen-bond acceptors (Lipinski definition) is 5. The van der Waals surface area contributed by atoms with Gasteiger partial charge >= 0.3 is 5.97 Å². The summed E-state index contributed by atoms with van der Waals surface area (Å²) in [5.74, 6) is -0.420. The molecule has 0 atom stereocenters.